The summed E-state index contributed by atoms with van der Waals surface area (Å²) in [6, 6.07) is 13.7. The molecule has 4 rings (SSSR count). The number of anilines is 4. The van der Waals surface area contributed by atoms with Gasteiger partial charge in [-0.25, -0.2) is 4.79 Å². The number of carbonyl (C=O) groups is 3. The summed E-state index contributed by atoms with van der Waals surface area (Å²) in [6.45, 7) is 4.31. The molecule has 4 N–H and O–H groups in total. The lowest BCUT2D eigenvalue weighted by Gasteiger charge is -2.23. The fourth-order valence-corrected chi connectivity index (χ4v) is 3.74. The minimum atomic E-state index is -1.03. The number of rotatable bonds is 8. The van der Waals surface area contributed by atoms with Crippen molar-refractivity contribution in [2.45, 2.75) is 39.0 Å². The van der Waals surface area contributed by atoms with Gasteiger partial charge in [0, 0.05) is 17.8 Å². The number of esters is 1. The van der Waals surface area contributed by atoms with Gasteiger partial charge in [-0.1, -0.05) is 31.0 Å². The van der Waals surface area contributed by atoms with Gasteiger partial charge in [-0.05, 0) is 49.7 Å². The number of fused-ring (bicyclic) bond motifs is 1. The summed E-state index contributed by atoms with van der Waals surface area (Å²) in [5.41, 5.74) is 2.12. The SMILES string of the molecule is CCCCOC(=O)c1ccc(NC(=O)C2CC(=O)Nc3nc(Nc4ccc(C)cc4)[nH]c(=O)c32)cc1. The molecule has 1 atom stereocenters. The molecule has 1 aliphatic heterocycles. The van der Waals surface area contributed by atoms with Gasteiger partial charge in [0.15, 0.2) is 0 Å². The fourth-order valence-electron chi connectivity index (χ4n) is 3.74. The van der Waals surface area contributed by atoms with Crippen LogP contribution in [0.15, 0.2) is 53.3 Å². The molecule has 1 aliphatic rings. The summed E-state index contributed by atoms with van der Waals surface area (Å²) >= 11 is 0. The highest BCUT2D eigenvalue weighted by Gasteiger charge is 2.34. The number of carbonyl (C=O) groups excluding carboxylic acids is 3. The topological polar surface area (TPSA) is 142 Å². The van der Waals surface area contributed by atoms with Gasteiger partial charge < -0.3 is 20.7 Å². The molecular weight excluding hydrogens is 462 g/mol. The Morgan fingerprint density at radius 2 is 1.75 bits per heavy atom. The summed E-state index contributed by atoms with van der Waals surface area (Å²) < 4.78 is 5.18. The van der Waals surface area contributed by atoms with Crippen molar-refractivity contribution in [1.29, 1.82) is 0 Å². The van der Waals surface area contributed by atoms with Gasteiger partial charge in [0.05, 0.1) is 23.7 Å². The van der Waals surface area contributed by atoms with Gasteiger partial charge in [0.2, 0.25) is 17.8 Å². The second-order valence-corrected chi connectivity index (χ2v) is 8.53. The molecule has 0 fully saturated rings. The van der Waals surface area contributed by atoms with Crippen LogP contribution >= 0.6 is 0 Å². The van der Waals surface area contributed by atoms with Crippen LogP contribution < -0.4 is 21.5 Å². The van der Waals surface area contributed by atoms with Crippen LogP contribution in [0, 0.1) is 6.92 Å². The van der Waals surface area contributed by atoms with E-state index in [1.165, 1.54) is 0 Å². The maximum atomic E-state index is 13.1. The van der Waals surface area contributed by atoms with Crippen molar-refractivity contribution in [3.05, 3.63) is 75.6 Å². The number of hydrogen-bond donors (Lipinski definition) is 4. The predicted molar refractivity (Wildman–Crippen MR) is 136 cm³/mol. The second kappa shape index (κ2) is 10.9. The van der Waals surface area contributed by atoms with Gasteiger partial charge in [-0.3, -0.25) is 19.4 Å². The van der Waals surface area contributed by atoms with Gasteiger partial charge in [-0.2, -0.15) is 4.98 Å². The van der Waals surface area contributed by atoms with E-state index in [0.717, 1.165) is 18.4 Å². The third-order valence-electron chi connectivity index (χ3n) is 5.70. The highest BCUT2D eigenvalue weighted by Crippen LogP contribution is 2.30. The zero-order chi connectivity index (χ0) is 25.7. The fraction of sp³-hybridized carbons (Fsp3) is 0.269. The summed E-state index contributed by atoms with van der Waals surface area (Å²) in [5, 5.41) is 8.29. The largest absolute Gasteiger partial charge is 0.462 e. The van der Waals surface area contributed by atoms with Crippen LogP contribution in [0.25, 0.3) is 0 Å². The Morgan fingerprint density at radius 3 is 2.44 bits per heavy atom. The predicted octanol–water partition coefficient (Wildman–Crippen LogP) is 3.84. The van der Waals surface area contributed by atoms with Crippen molar-refractivity contribution in [2.75, 3.05) is 22.6 Å². The lowest BCUT2D eigenvalue weighted by atomic mass is 9.92. The Labute approximate surface area is 207 Å². The first-order valence-electron chi connectivity index (χ1n) is 11.7. The van der Waals surface area contributed by atoms with E-state index in [0.29, 0.717) is 23.5 Å². The third kappa shape index (κ3) is 5.77. The summed E-state index contributed by atoms with van der Waals surface area (Å²) in [4.78, 5) is 57.3. The second-order valence-electron chi connectivity index (χ2n) is 8.53. The Hall–Kier alpha value is -4.47. The number of unbranched alkanes of at least 4 members (excludes halogenated alkanes) is 1. The highest BCUT2D eigenvalue weighted by molar-refractivity contribution is 6.04. The maximum Gasteiger partial charge on any atom is 0.338 e. The molecule has 2 amide bonds. The molecule has 0 saturated heterocycles. The van der Waals surface area contributed by atoms with Crippen LogP contribution in [0.2, 0.25) is 0 Å². The molecule has 2 heterocycles. The molecule has 10 nitrogen and oxygen atoms in total. The van der Waals surface area contributed by atoms with Crippen molar-refractivity contribution in [3.63, 3.8) is 0 Å². The minimum Gasteiger partial charge on any atom is -0.462 e. The van der Waals surface area contributed by atoms with Crippen LogP contribution in [0.4, 0.5) is 23.1 Å². The number of benzene rings is 2. The Balaban J connectivity index is 1.50. The molecule has 0 radical (unpaired) electrons. The first-order chi connectivity index (χ1) is 17.3. The first kappa shape index (κ1) is 24.6. The number of amides is 2. The van der Waals surface area contributed by atoms with Crippen LogP contribution in [0.1, 0.15) is 53.6 Å². The van der Waals surface area contributed by atoms with Crippen LogP contribution in [0.3, 0.4) is 0 Å². The number of H-pyrrole nitrogens is 1. The number of nitrogens with zero attached hydrogens (tertiary/aromatic N) is 1. The number of aryl methyl sites for hydroxylation is 1. The molecule has 36 heavy (non-hydrogen) atoms. The van der Waals surface area contributed by atoms with Crippen molar-refractivity contribution >= 4 is 40.9 Å². The quantitative estimate of drug-likeness (QED) is 0.278. The Morgan fingerprint density at radius 1 is 1.06 bits per heavy atom. The third-order valence-corrected chi connectivity index (χ3v) is 5.70. The van der Waals surface area contributed by atoms with E-state index in [9.17, 15) is 19.2 Å². The molecule has 0 aliphatic carbocycles. The Bertz CT molecular complexity index is 1330. The molecule has 186 valence electrons. The number of ether oxygens (including phenoxy) is 1. The smallest absolute Gasteiger partial charge is 0.338 e. The van der Waals surface area contributed by atoms with Gasteiger partial charge >= 0.3 is 5.97 Å². The molecule has 2 aromatic carbocycles. The minimum absolute atomic E-state index is 0.0370. The Kier molecular flexibility index (Phi) is 7.43. The van der Waals surface area contributed by atoms with E-state index in [2.05, 4.69) is 25.9 Å². The van der Waals surface area contributed by atoms with E-state index < -0.39 is 29.3 Å². The first-order valence-corrected chi connectivity index (χ1v) is 11.7. The van der Waals surface area contributed by atoms with Gasteiger partial charge in [0.1, 0.15) is 5.82 Å². The molecule has 3 aromatic rings. The van der Waals surface area contributed by atoms with E-state index in [1.54, 1.807) is 24.3 Å². The zero-order valence-electron chi connectivity index (χ0n) is 20.0. The summed E-state index contributed by atoms with van der Waals surface area (Å²) in [7, 11) is 0. The molecule has 0 bridgehead atoms. The summed E-state index contributed by atoms with van der Waals surface area (Å²) in [6.07, 6.45) is 1.51. The van der Waals surface area contributed by atoms with E-state index in [1.807, 2.05) is 38.1 Å². The highest BCUT2D eigenvalue weighted by atomic mass is 16.5. The average Bonchev–Trinajstić information content (AvgIpc) is 2.85. The monoisotopic (exact) mass is 489 g/mol. The van der Waals surface area contributed by atoms with Crippen molar-refractivity contribution in [2.24, 2.45) is 0 Å². The zero-order valence-corrected chi connectivity index (χ0v) is 20.0. The van der Waals surface area contributed by atoms with Crippen molar-refractivity contribution in [3.8, 4) is 0 Å². The van der Waals surface area contributed by atoms with Crippen molar-refractivity contribution < 1.29 is 19.1 Å². The van der Waals surface area contributed by atoms with E-state index in [-0.39, 0.29) is 23.8 Å². The van der Waals surface area contributed by atoms with Crippen LogP contribution in [-0.4, -0.2) is 34.4 Å². The van der Waals surface area contributed by atoms with Crippen LogP contribution in [0.5, 0.6) is 0 Å². The maximum absolute atomic E-state index is 13.1. The van der Waals surface area contributed by atoms with Gasteiger partial charge in [-0.15, -0.1) is 0 Å². The number of nitrogens with one attached hydrogen (secondary N) is 4. The standard InChI is InChI=1S/C26H27N5O5/c1-3-4-13-36-25(35)16-7-11-17(12-8-16)27-23(33)19-14-20(32)29-22-21(19)24(34)31-26(30-22)28-18-9-5-15(2)6-10-18/h5-12,19H,3-4,13-14H2,1-2H3,(H,27,33)(H3,28,29,30,31,32,34). The molecule has 1 unspecified atom stereocenters. The summed E-state index contributed by atoms with van der Waals surface area (Å²) in [5.74, 6) is -2.24. The lowest BCUT2D eigenvalue weighted by molar-refractivity contribution is -0.123. The van der Waals surface area contributed by atoms with Crippen LogP contribution in [-0.2, 0) is 14.3 Å². The number of hydrogen-bond acceptors (Lipinski definition) is 7. The number of aromatic nitrogens is 2. The van der Waals surface area contributed by atoms with E-state index >= 15 is 0 Å². The molecule has 0 saturated carbocycles. The molecular formula is C26H27N5O5. The van der Waals surface area contributed by atoms with Crippen molar-refractivity contribution in [1.82, 2.24) is 9.97 Å². The number of aromatic amines is 1. The van der Waals surface area contributed by atoms with Gasteiger partial charge in [0.25, 0.3) is 5.56 Å². The molecule has 10 heteroatoms. The average molecular weight is 490 g/mol. The normalized spacial score (nSPS) is 14.4. The molecule has 1 aromatic heterocycles. The van der Waals surface area contributed by atoms with E-state index in [4.69, 9.17) is 4.74 Å². The molecule has 0 spiro atoms. The lowest BCUT2D eigenvalue weighted by Crippen LogP contribution is -2.36.